The van der Waals surface area contributed by atoms with E-state index < -0.39 is 34.5 Å². The van der Waals surface area contributed by atoms with Crippen molar-refractivity contribution in [1.82, 2.24) is 19.5 Å². The Hall–Kier alpha value is -1.90. The van der Waals surface area contributed by atoms with Gasteiger partial charge in [-0.25, -0.2) is 20.1 Å². The van der Waals surface area contributed by atoms with Gasteiger partial charge < -0.3 is 20.3 Å². The molecule has 3 heterocycles. The van der Waals surface area contributed by atoms with Gasteiger partial charge >= 0.3 is 10.3 Å². The van der Waals surface area contributed by atoms with Gasteiger partial charge in [0, 0.05) is 6.42 Å². The fourth-order valence-corrected chi connectivity index (χ4v) is 3.08. The molecule has 0 saturated carbocycles. The fraction of sp³-hybridized carbons (Fsp3) is 0.615. The molecule has 0 unspecified atom stereocenters. The molecule has 1 fully saturated rings. The molecule has 2 aromatic rings. The molecule has 0 amide bonds. The number of rotatable bonds is 6. The van der Waals surface area contributed by atoms with E-state index in [4.69, 9.17) is 20.3 Å². The summed E-state index contributed by atoms with van der Waals surface area (Å²) in [6.07, 6.45) is 1.05. The topological polar surface area (TPSA) is 178 Å². The van der Waals surface area contributed by atoms with E-state index in [2.05, 4.69) is 19.1 Å². The molecule has 0 radical (unpaired) electrons. The largest absolute Gasteiger partial charge is 0.382 e. The van der Waals surface area contributed by atoms with E-state index >= 15 is 0 Å². The van der Waals surface area contributed by atoms with Crippen LogP contribution in [0, 0.1) is 0 Å². The van der Waals surface area contributed by atoms with Gasteiger partial charge in [0.25, 0.3) is 0 Å². The zero-order valence-electron chi connectivity index (χ0n) is 14.1. The van der Waals surface area contributed by atoms with Gasteiger partial charge in [-0.1, -0.05) is 0 Å². The van der Waals surface area contributed by atoms with Gasteiger partial charge in [-0.05, 0) is 13.8 Å². The van der Waals surface area contributed by atoms with Crippen molar-refractivity contribution in [3.63, 3.8) is 0 Å². The van der Waals surface area contributed by atoms with Crippen molar-refractivity contribution in [3.05, 3.63) is 12.7 Å². The third kappa shape index (κ3) is 4.25. The van der Waals surface area contributed by atoms with Crippen LogP contribution in [0.25, 0.3) is 11.2 Å². The minimum absolute atomic E-state index is 0.227. The minimum atomic E-state index is -4.14. The Morgan fingerprint density at radius 3 is 2.81 bits per heavy atom. The molecule has 12 nitrogen and oxygen atoms in total. The van der Waals surface area contributed by atoms with Crippen LogP contribution in [0.1, 0.15) is 26.5 Å². The van der Waals surface area contributed by atoms with Gasteiger partial charge in [-0.3, -0.25) is 8.75 Å². The Labute approximate surface area is 149 Å². The summed E-state index contributed by atoms with van der Waals surface area (Å²) in [5.41, 5.74) is 6.65. The van der Waals surface area contributed by atoms with Crippen molar-refractivity contribution >= 4 is 27.3 Å². The number of anilines is 1. The highest BCUT2D eigenvalue weighted by Gasteiger charge is 2.41. The first-order valence-electron chi connectivity index (χ1n) is 7.69. The molecule has 0 spiro atoms. The summed E-state index contributed by atoms with van der Waals surface area (Å²) < 4.78 is 39.8. The van der Waals surface area contributed by atoms with Crippen molar-refractivity contribution in [2.45, 2.75) is 44.5 Å². The highest BCUT2D eigenvalue weighted by Crippen LogP contribution is 2.34. The summed E-state index contributed by atoms with van der Waals surface area (Å²) in [6, 6.07) is 0. The molecule has 3 rings (SSSR count). The number of fused-ring (bicyclic) bond motifs is 1. The smallest absolute Gasteiger partial charge is 0.333 e. The zero-order chi connectivity index (χ0) is 19.1. The average molecular weight is 388 g/mol. The van der Waals surface area contributed by atoms with Crippen LogP contribution >= 0.6 is 0 Å². The third-order valence-corrected chi connectivity index (χ3v) is 4.18. The predicted octanol–water partition coefficient (Wildman–Crippen LogP) is -0.970. The maximum atomic E-state index is 11.1. The van der Waals surface area contributed by atoms with Crippen LogP contribution in [0.4, 0.5) is 5.82 Å². The van der Waals surface area contributed by atoms with Crippen molar-refractivity contribution in [2.24, 2.45) is 5.14 Å². The summed E-state index contributed by atoms with van der Waals surface area (Å²) in [6.45, 7) is 2.55. The molecule has 3 atom stereocenters. The minimum Gasteiger partial charge on any atom is -0.382 e. The maximum Gasteiger partial charge on any atom is 0.333 e. The summed E-state index contributed by atoms with van der Waals surface area (Å²) in [5, 5.41) is 14.8. The molecule has 144 valence electrons. The number of nitrogens with zero attached hydrogens (tertiary/aromatic N) is 4. The Morgan fingerprint density at radius 1 is 1.42 bits per heavy atom. The van der Waals surface area contributed by atoms with E-state index in [0.717, 1.165) is 0 Å². The predicted molar refractivity (Wildman–Crippen MR) is 88.5 cm³/mol. The molecule has 0 bridgehead atoms. The first-order chi connectivity index (χ1) is 12.0. The highest BCUT2D eigenvalue weighted by molar-refractivity contribution is 7.84. The van der Waals surface area contributed by atoms with Crippen LogP contribution in [0.3, 0.4) is 0 Å². The van der Waals surface area contributed by atoms with Crippen LogP contribution in [-0.2, 0) is 24.0 Å². The summed E-state index contributed by atoms with van der Waals surface area (Å²) in [4.78, 5) is 12.2. The maximum absolute atomic E-state index is 11.1. The van der Waals surface area contributed by atoms with Gasteiger partial charge in [0.15, 0.2) is 17.3 Å². The second-order valence-electron chi connectivity index (χ2n) is 6.33. The second-order valence-corrected chi connectivity index (χ2v) is 7.55. The molecule has 1 saturated heterocycles. The van der Waals surface area contributed by atoms with Crippen molar-refractivity contribution in [2.75, 3.05) is 12.3 Å². The Bertz CT molecular complexity index is 894. The Balaban J connectivity index is 1.85. The molecular weight excluding hydrogens is 368 g/mol. The van der Waals surface area contributed by atoms with E-state index in [-0.39, 0.29) is 18.8 Å². The van der Waals surface area contributed by atoms with Crippen molar-refractivity contribution in [1.29, 1.82) is 0 Å². The van der Waals surface area contributed by atoms with Crippen LogP contribution in [0.2, 0.25) is 0 Å². The van der Waals surface area contributed by atoms with Gasteiger partial charge in [-0.15, -0.1) is 0 Å². The van der Waals surface area contributed by atoms with E-state index in [1.807, 2.05) is 0 Å². The number of hydrogen-bond acceptors (Lipinski definition) is 10. The molecule has 5 N–H and O–H groups in total. The van der Waals surface area contributed by atoms with Crippen LogP contribution in [0.15, 0.2) is 12.7 Å². The quantitative estimate of drug-likeness (QED) is 0.521. The number of ether oxygens (including phenoxy) is 2. The molecular formula is C13H20N6O6S. The lowest BCUT2D eigenvalue weighted by Gasteiger charge is -2.26. The number of nitrogens with two attached hydrogens (primary N) is 2. The lowest BCUT2D eigenvalue weighted by molar-refractivity contribution is -0.216. The standard InChI is InChI=1S/C13H20N6O6S/c1-13(2,20)25-7-3-9(24-8(7)4-23-26(15,21)22)19-6-18-10-11(14)16-5-17-12(10)19/h5-9,20H,3-4H2,1-2H3,(H2,14,16,17)(H2,15,21,22)/t7-,8+,9+/m0/s1. The Morgan fingerprint density at radius 2 is 2.15 bits per heavy atom. The van der Waals surface area contributed by atoms with Crippen molar-refractivity contribution in [3.8, 4) is 0 Å². The molecule has 13 heteroatoms. The molecule has 26 heavy (non-hydrogen) atoms. The Kier molecular flexibility index (Phi) is 4.85. The van der Waals surface area contributed by atoms with Gasteiger partial charge in [0.05, 0.1) is 19.0 Å². The van der Waals surface area contributed by atoms with Crippen LogP contribution in [-0.4, -0.2) is 57.6 Å². The van der Waals surface area contributed by atoms with Gasteiger partial charge in [0.1, 0.15) is 24.2 Å². The summed E-state index contributed by atoms with van der Waals surface area (Å²) in [7, 11) is -4.14. The fourth-order valence-electron chi connectivity index (χ4n) is 2.76. The van der Waals surface area contributed by atoms with Crippen LogP contribution in [0.5, 0.6) is 0 Å². The number of hydrogen-bond donors (Lipinski definition) is 3. The van der Waals surface area contributed by atoms with Gasteiger partial charge in [0.2, 0.25) is 0 Å². The second kappa shape index (κ2) is 6.68. The molecule has 0 aromatic carbocycles. The molecule has 1 aliphatic rings. The normalized spacial score (nSPS) is 24.4. The van der Waals surface area contributed by atoms with Gasteiger partial charge in [-0.2, -0.15) is 8.42 Å². The number of aromatic nitrogens is 4. The van der Waals surface area contributed by atoms with E-state index in [1.54, 1.807) is 4.57 Å². The molecule has 0 aliphatic carbocycles. The average Bonchev–Trinajstić information content (AvgIpc) is 3.07. The van der Waals surface area contributed by atoms with E-state index in [0.29, 0.717) is 11.2 Å². The van der Waals surface area contributed by atoms with E-state index in [1.165, 1.54) is 26.5 Å². The highest BCUT2D eigenvalue weighted by atomic mass is 32.2. The summed E-state index contributed by atoms with van der Waals surface area (Å²) in [5.74, 6) is -1.23. The van der Waals surface area contributed by atoms with Crippen LogP contribution < -0.4 is 10.9 Å². The lowest BCUT2D eigenvalue weighted by Crippen LogP contribution is -2.38. The number of nitrogen functional groups attached to an aromatic ring is 1. The first-order valence-corrected chi connectivity index (χ1v) is 9.16. The number of aliphatic hydroxyl groups is 1. The first kappa shape index (κ1) is 18.9. The SMILES string of the molecule is CC(C)(O)O[C@H]1C[C@H](n2cnc3c(N)ncnc32)O[C@@H]1COS(N)(=O)=O. The van der Waals surface area contributed by atoms with E-state index in [9.17, 15) is 13.5 Å². The zero-order valence-corrected chi connectivity index (χ0v) is 15.0. The van der Waals surface area contributed by atoms with Crippen molar-refractivity contribution < 1.29 is 27.2 Å². The number of imidazole rings is 1. The molecule has 1 aliphatic heterocycles. The monoisotopic (exact) mass is 388 g/mol. The lowest BCUT2D eigenvalue weighted by atomic mass is 10.1. The molecule has 2 aromatic heterocycles. The summed E-state index contributed by atoms with van der Waals surface area (Å²) >= 11 is 0. The third-order valence-electron chi connectivity index (χ3n) is 3.71.